The normalized spacial score (nSPS) is 10.1. The third kappa shape index (κ3) is 3.14. The predicted octanol–water partition coefficient (Wildman–Crippen LogP) is 1.38. The number of anilines is 2. The Balaban J connectivity index is 2.09. The van der Waals surface area contributed by atoms with E-state index >= 15 is 0 Å². The number of methoxy groups -OCH3 is 1. The molecule has 0 aliphatic carbocycles. The number of nitrogen functional groups attached to an aromatic ring is 1. The van der Waals surface area contributed by atoms with Crippen LogP contribution in [0.3, 0.4) is 0 Å². The van der Waals surface area contributed by atoms with Crippen molar-refractivity contribution < 1.29 is 14.6 Å². The first-order valence-electron chi connectivity index (χ1n) is 5.82. The molecule has 7 heteroatoms. The summed E-state index contributed by atoms with van der Waals surface area (Å²) < 4.78 is 4.96. The first-order chi connectivity index (χ1) is 9.60. The van der Waals surface area contributed by atoms with Gasteiger partial charge in [0.2, 0.25) is 5.88 Å². The van der Waals surface area contributed by atoms with Gasteiger partial charge in [-0.25, -0.2) is 14.8 Å². The van der Waals surface area contributed by atoms with Gasteiger partial charge in [-0.05, 0) is 17.7 Å². The number of carbonyl (C=O) groups is 1. The zero-order chi connectivity index (χ0) is 14.5. The average Bonchev–Trinajstić information content (AvgIpc) is 2.46. The summed E-state index contributed by atoms with van der Waals surface area (Å²) in [5.74, 6) is -0.237. The topological polar surface area (TPSA) is 110 Å². The highest BCUT2D eigenvalue weighted by Crippen LogP contribution is 2.17. The molecule has 0 saturated carbocycles. The lowest BCUT2D eigenvalue weighted by Gasteiger charge is -2.09. The van der Waals surface area contributed by atoms with Crippen molar-refractivity contribution in [3.05, 3.63) is 41.7 Å². The minimum absolute atomic E-state index is 0.0606. The lowest BCUT2D eigenvalue weighted by molar-refractivity contribution is 0.0690. The Hall–Kier alpha value is -2.83. The molecular formula is C13H14N4O3. The molecule has 0 fully saturated rings. The summed E-state index contributed by atoms with van der Waals surface area (Å²) in [6.45, 7) is 0.428. The molecule has 0 amide bonds. The summed E-state index contributed by atoms with van der Waals surface area (Å²) in [4.78, 5) is 18.9. The van der Waals surface area contributed by atoms with Crippen molar-refractivity contribution >= 4 is 17.5 Å². The van der Waals surface area contributed by atoms with Gasteiger partial charge in [0.1, 0.15) is 5.82 Å². The third-order valence-electron chi connectivity index (χ3n) is 2.61. The minimum atomic E-state index is -1.10. The van der Waals surface area contributed by atoms with Gasteiger partial charge in [0, 0.05) is 18.8 Å². The van der Waals surface area contributed by atoms with Gasteiger partial charge >= 0.3 is 5.97 Å². The smallest absolute Gasteiger partial charge is 0.354 e. The number of carboxylic acids is 1. The first kappa shape index (κ1) is 13.6. The number of ether oxygens (including phenoxy) is 1. The van der Waals surface area contributed by atoms with E-state index in [1.807, 2.05) is 6.07 Å². The fourth-order valence-electron chi connectivity index (χ4n) is 1.55. The Labute approximate surface area is 115 Å². The molecule has 0 aromatic carbocycles. The van der Waals surface area contributed by atoms with Crippen LogP contribution in [0.5, 0.6) is 5.88 Å². The van der Waals surface area contributed by atoms with E-state index in [0.717, 1.165) is 5.56 Å². The average molecular weight is 274 g/mol. The van der Waals surface area contributed by atoms with E-state index in [0.29, 0.717) is 23.9 Å². The lowest BCUT2D eigenvalue weighted by atomic mass is 10.2. The fraction of sp³-hybridized carbons (Fsp3) is 0.154. The molecule has 2 heterocycles. The zero-order valence-electron chi connectivity index (χ0n) is 10.8. The van der Waals surface area contributed by atoms with Crippen LogP contribution >= 0.6 is 0 Å². The molecule has 2 aromatic heterocycles. The second-order valence-corrected chi connectivity index (χ2v) is 4.00. The third-order valence-corrected chi connectivity index (χ3v) is 2.61. The SMILES string of the molecule is COc1ccc(CNc2nc(C(=O)O)ccc2N)cn1. The van der Waals surface area contributed by atoms with Gasteiger partial charge in [-0.1, -0.05) is 6.07 Å². The van der Waals surface area contributed by atoms with Crippen molar-refractivity contribution in [3.63, 3.8) is 0 Å². The number of carboxylic acid groups (broad SMARTS) is 1. The van der Waals surface area contributed by atoms with Gasteiger partial charge in [0.15, 0.2) is 5.69 Å². The lowest BCUT2D eigenvalue weighted by Crippen LogP contribution is -2.08. The van der Waals surface area contributed by atoms with Crippen LogP contribution in [0.25, 0.3) is 0 Å². The van der Waals surface area contributed by atoms with Crippen LogP contribution in [0.15, 0.2) is 30.5 Å². The highest BCUT2D eigenvalue weighted by atomic mass is 16.5. The van der Waals surface area contributed by atoms with E-state index in [4.69, 9.17) is 15.6 Å². The Kier molecular flexibility index (Phi) is 3.99. The molecule has 104 valence electrons. The van der Waals surface area contributed by atoms with E-state index in [1.165, 1.54) is 12.1 Å². The number of hydrogen-bond acceptors (Lipinski definition) is 6. The van der Waals surface area contributed by atoms with Gasteiger partial charge in [-0.15, -0.1) is 0 Å². The molecule has 4 N–H and O–H groups in total. The maximum atomic E-state index is 10.9. The van der Waals surface area contributed by atoms with E-state index in [9.17, 15) is 4.79 Å². The van der Waals surface area contributed by atoms with Crippen molar-refractivity contribution in [1.82, 2.24) is 9.97 Å². The van der Waals surface area contributed by atoms with Gasteiger partial charge in [0.05, 0.1) is 12.8 Å². The Morgan fingerprint density at radius 2 is 2.20 bits per heavy atom. The number of nitrogens with zero attached hydrogens (tertiary/aromatic N) is 2. The van der Waals surface area contributed by atoms with E-state index < -0.39 is 5.97 Å². The molecule has 0 bridgehead atoms. The van der Waals surface area contributed by atoms with Crippen LogP contribution in [-0.4, -0.2) is 28.2 Å². The number of nitrogens with two attached hydrogens (primary N) is 1. The standard InChI is InChI=1S/C13H14N4O3/c1-20-11-5-2-8(6-15-11)7-16-12-9(14)3-4-10(17-12)13(18)19/h2-6H,7,14H2,1H3,(H,16,17)(H,18,19). The van der Waals surface area contributed by atoms with E-state index in [-0.39, 0.29) is 5.69 Å². The van der Waals surface area contributed by atoms with E-state index in [1.54, 1.807) is 19.4 Å². The number of rotatable bonds is 5. The molecule has 0 atom stereocenters. The van der Waals surface area contributed by atoms with Gasteiger partial charge in [-0.3, -0.25) is 0 Å². The van der Waals surface area contributed by atoms with E-state index in [2.05, 4.69) is 15.3 Å². The van der Waals surface area contributed by atoms with Crippen LogP contribution < -0.4 is 15.8 Å². The van der Waals surface area contributed by atoms with Crippen LogP contribution in [-0.2, 0) is 6.54 Å². The highest BCUT2D eigenvalue weighted by molar-refractivity contribution is 5.86. The Morgan fingerprint density at radius 3 is 2.80 bits per heavy atom. The molecule has 0 saturated heterocycles. The molecule has 20 heavy (non-hydrogen) atoms. The summed E-state index contributed by atoms with van der Waals surface area (Å²) in [7, 11) is 1.54. The quantitative estimate of drug-likeness (QED) is 0.755. The predicted molar refractivity (Wildman–Crippen MR) is 73.7 cm³/mol. The Bertz CT molecular complexity index is 614. The molecule has 0 spiro atoms. The summed E-state index contributed by atoms with van der Waals surface area (Å²) in [5, 5.41) is 11.9. The first-order valence-corrected chi connectivity index (χ1v) is 5.82. The summed E-state index contributed by atoms with van der Waals surface area (Å²) >= 11 is 0. The van der Waals surface area contributed by atoms with Crippen molar-refractivity contribution in [1.29, 1.82) is 0 Å². The second kappa shape index (κ2) is 5.87. The van der Waals surface area contributed by atoms with Gasteiger partial charge in [-0.2, -0.15) is 0 Å². The minimum Gasteiger partial charge on any atom is -0.481 e. The van der Waals surface area contributed by atoms with Crippen LogP contribution in [0.1, 0.15) is 16.1 Å². The summed E-state index contributed by atoms with van der Waals surface area (Å²) in [6.07, 6.45) is 1.66. The van der Waals surface area contributed by atoms with Gasteiger partial charge in [0.25, 0.3) is 0 Å². The molecule has 2 rings (SSSR count). The van der Waals surface area contributed by atoms with Crippen LogP contribution in [0.2, 0.25) is 0 Å². The number of nitrogens with one attached hydrogen (secondary N) is 1. The van der Waals surface area contributed by atoms with Crippen molar-refractivity contribution in [3.8, 4) is 5.88 Å². The second-order valence-electron chi connectivity index (χ2n) is 4.00. The molecule has 0 aliphatic rings. The highest BCUT2D eigenvalue weighted by Gasteiger charge is 2.08. The molecule has 2 aromatic rings. The summed E-state index contributed by atoms with van der Waals surface area (Å²) in [5.41, 5.74) is 6.97. The zero-order valence-corrected chi connectivity index (χ0v) is 10.8. The monoisotopic (exact) mass is 274 g/mol. The number of hydrogen-bond donors (Lipinski definition) is 3. The maximum Gasteiger partial charge on any atom is 0.354 e. The molecule has 0 aliphatic heterocycles. The Morgan fingerprint density at radius 1 is 1.40 bits per heavy atom. The molecule has 0 unspecified atom stereocenters. The van der Waals surface area contributed by atoms with Crippen molar-refractivity contribution in [2.45, 2.75) is 6.54 Å². The van der Waals surface area contributed by atoms with Crippen molar-refractivity contribution in [2.24, 2.45) is 0 Å². The fourth-order valence-corrected chi connectivity index (χ4v) is 1.55. The molecule has 7 nitrogen and oxygen atoms in total. The van der Waals surface area contributed by atoms with Crippen LogP contribution in [0, 0.1) is 0 Å². The number of pyridine rings is 2. The van der Waals surface area contributed by atoms with Crippen LogP contribution in [0.4, 0.5) is 11.5 Å². The summed E-state index contributed by atoms with van der Waals surface area (Å²) in [6, 6.07) is 6.44. The largest absolute Gasteiger partial charge is 0.481 e. The molecule has 0 radical (unpaired) electrons. The number of aromatic nitrogens is 2. The van der Waals surface area contributed by atoms with Gasteiger partial charge < -0.3 is 20.9 Å². The maximum absolute atomic E-state index is 10.9. The molecular weight excluding hydrogens is 260 g/mol. The van der Waals surface area contributed by atoms with Crippen molar-refractivity contribution in [2.75, 3.05) is 18.2 Å². The number of aromatic carboxylic acids is 1.